The number of aromatic nitrogens is 2. The van der Waals surface area contributed by atoms with Crippen molar-refractivity contribution in [3.05, 3.63) is 54.2 Å². The molecule has 0 saturated carbocycles. The summed E-state index contributed by atoms with van der Waals surface area (Å²) in [6.45, 7) is 0.999. The number of benzene rings is 2. The highest BCUT2D eigenvalue weighted by molar-refractivity contribution is 6.04. The lowest BCUT2D eigenvalue weighted by Crippen LogP contribution is -2.17. The molecular weight excluding hydrogens is 294 g/mol. The van der Waals surface area contributed by atoms with Crippen LogP contribution in [0.3, 0.4) is 0 Å². The number of hydrogen-bond donors (Lipinski definition) is 1. The Morgan fingerprint density at radius 1 is 1.00 bits per heavy atom. The minimum Gasteiger partial charge on any atom is -0.486 e. The first-order chi connectivity index (χ1) is 11.3. The van der Waals surface area contributed by atoms with Crippen LogP contribution in [0, 0.1) is 0 Å². The molecule has 6 nitrogen and oxygen atoms in total. The zero-order valence-corrected chi connectivity index (χ0v) is 12.2. The lowest BCUT2D eigenvalue weighted by molar-refractivity contribution is 0.102. The monoisotopic (exact) mass is 307 g/mol. The Kier molecular flexibility index (Phi) is 3.27. The van der Waals surface area contributed by atoms with Crippen LogP contribution >= 0.6 is 0 Å². The molecule has 4 rings (SSSR count). The van der Waals surface area contributed by atoms with Gasteiger partial charge in [0.1, 0.15) is 13.2 Å². The summed E-state index contributed by atoms with van der Waals surface area (Å²) < 4.78 is 10.9. The average molecular weight is 307 g/mol. The number of rotatable bonds is 2. The first-order valence-corrected chi connectivity index (χ1v) is 7.22. The number of amides is 1. The van der Waals surface area contributed by atoms with Gasteiger partial charge in [-0.1, -0.05) is 12.1 Å². The van der Waals surface area contributed by atoms with Crippen LogP contribution in [-0.4, -0.2) is 29.1 Å². The lowest BCUT2D eigenvalue weighted by atomic mass is 10.2. The molecule has 2 aromatic carbocycles. The molecule has 6 heteroatoms. The van der Waals surface area contributed by atoms with Gasteiger partial charge in [-0.25, -0.2) is 4.98 Å². The Balaban J connectivity index is 1.59. The van der Waals surface area contributed by atoms with Crippen molar-refractivity contribution in [2.45, 2.75) is 0 Å². The van der Waals surface area contributed by atoms with Gasteiger partial charge in [-0.3, -0.25) is 9.78 Å². The van der Waals surface area contributed by atoms with Crippen molar-refractivity contribution in [1.82, 2.24) is 9.97 Å². The van der Waals surface area contributed by atoms with Gasteiger partial charge in [-0.15, -0.1) is 0 Å². The Hall–Kier alpha value is -3.15. The molecule has 1 aromatic heterocycles. The van der Waals surface area contributed by atoms with Crippen LogP contribution in [0.1, 0.15) is 10.4 Å². The van der Waals surface area contributed by atoms with Crippen molar-refractivity contribution in [3.63, 3.8) is 0 Å². The Bertz CT molecular complexity index is 895. The topological polar surface area (TPSA) is 73.3 Å². The number of carbonyl (C=O) groups excluding carboxylic acids is 1. The molecule has 23 heavy (non-hydrogen) atoms. The van der Waals surface area contributed by atoms with E-state index < -0.39 is 0 Å². The standard InChI is InChI=1S/C17H13N3O3/c21-17(11-5-6-14-15(9-11)23-8-7-22-14)20-16-10-18-12-3-1-2-4-13(12)19-16/h1-6,9-10H,7-8H2,(H,19,20,21). The highest BCUT2D eigenvalue weighted by atomic mass is 16.6. The second kappa shape index (κ2) is 5.57. The molecule has 0 fully saturated rings. The molecule has 0 aliphatic carbocycles. The molecule has 114 valence electrons. The third kappa shape index (κ3) is 2.66. The number of nitrogens with one attached hydrogen (secondary N) is 1. The molecule has 1 aliphatic heterocycles. The predicted molar refractivity (Wildman–Crippen MR) is 84.9 cm³/mol. The maximum atomic E-state index is 12.4. The van der Waals surface area contributed by atoms with Crippen LogP contribution in [0.4, 0.5) is 5.82 Å². The molecule has 0 unspecified atom stereocenters. The number of hydrogen-bond acceptors (Lipinski definition) is 5. The maximum absolute atomic E-state index is 12.4. The fraction of sp³-hybridized carbons (Fsp3) is 0.118. The smallest absolute Gasteiger partial charge is 0.256 e. The summed E-state index contributed by atoms with van der Waals surface area (Å²) in [5.41, 5.74) is 1.99. The molecule has 1 N–H and O–H groups in total. The second-order valence-electron chi connectivity index (χ2n) is 5.06. The van der Waals surface area contributed by atoms with Crippen LogP contribution in [0.5, 0.6) is 11.5 Å². The summed E-state index contributed by atoms with van der Waals surface area (Å²) in [5, 5.41) is 2.75. The lowest BCUT2D eigenvalue weighted by Gasteiger charge is -2.18. The van der Waals surface area contributed by atoms with Crippen LogP contribution in [-0.2, 0) is 0 Å². The molecule has 0 saturated heterocycles. The number of carbonyl (C=O) groups is 1. The molecule has 0 radical (unpaired) electrons. The number of nitrogens with zero attached hydrogens (tertiary/aromatic N) is 2. The zero-order valence-electron chi connectivity index (χ0n) is 12.2. The fourth-order valence-corrected chi connectivity index (χ4v) is 2.39. The van der Waals surface area contributed by atoms with E-state index in [4.69, 9.17) is 9.47 Å². The van der Waals surface area contributed by atoms with E-state index in [0.29, 0.717) is 36.1 Å². The quantitative estimate of drug-likeness (QED) is 0.788. The van der Waals surface area contributed by atoms with E-state index in [9.17, 15) is 4.79 Å². The zero-order chi connectivity index (χ0) is 15.6. The number of anilines is 1. The SMILES string of the molecule is O=C(Nc1cnc2ccccc2n1)c1ccc2c(c1)OCCO2. The molecule has 2 heterocycles. The molecule has 1 aliphatic rings. The second-order valence-corrected chi connectivity index (χ2v) is 5.06. The van der Waals surface area contributed by atoms with Crippen molar-refractivity contribution in [2.75, 3.05) is 18.5 Å². The minimum absolute atomic E-state index is 0.272. The number of para-hydroxylation sites is 2. The van der Waals surface area contributed by atoms with Crippen molar-refractivity contribution in [3.8, 4) is 11.5 Å². The van der Waals surface area contributed by atoms with E-state index in [-0.39, 0.29) is 5.91 Å². The molecule has 3 aromatic rings. The highest BCUT2D eigenvalue weighted by Crippen LogP contribution is 2.30. The third-order valence-corrected chi connectivity index (χ3v) is 3.49. The highest BCUT2D eigenvalue weighted by Gasteiger charge is 2.15. The van der Waals surface area contributed by atoms with E-state index in [1.807, 2.05) is 24.3 Å². The van der Waals surface area contributed by atoms with Gasteiger partial charge >= 0.3 is 0 Å². The van der Waals surface area contributed by atoms with Crippen LogP contribution in [0.15, 0.2) is 48.7 Å². The van der Waals surface area contributed by atoms with Gasteiger partial charge in [0.15, 0.2) is 17.3 Å². The first-order valence-electron chi connectivity index (χ1n) is 7.22. The minimum atomic E-state index is -0.272. The summed E-state index contributed by atoms with van der Waals surface area (Å²) in [5.74, 6) is 1.36. The van der Waals surface area contributed by atoms with E-state index in [1.54, 1.807) is 18.2 Å². The largest absolute Gasteiger partial charge is 0.486 e. The summed E-state index contributed by atoms with van der Waals surface area (Å²) in [7, 11) is 0. The number of ether oxygens (including phenoxy) is 2. The van der Waals surface area contributed by atoms with Gasteiger partial charge in [0.05, 0.1) is 17.2 Å². The molecule has 0 spiro atoms. The Morgan fingerprint density at radius 2 is 1.78 bits per heavy atom. The van der Waals surface area contributed by atoms with Gasteiger partial charge in [-0.05, 0) is 30.3 Å². The number of fused-ring (bicyclic) bond motifs is 2. The van der Waals surface area contributed by atoms with Crippen LogP contribution in [0.25, 0.3) is 11.0 Å². The van der Waals surface area contributed by atoms with Gasteiger partial charge in [-0.2, -0.15) is 0 Å². The Labute approximate surface area is 132 Å². The maximum Gasteiger partial charge on any atom is 0.256 e. The van der Waals surface area contributed by atoms with E-state index in [1.165, 1.54) is 6.20 Å². The summed E-state index contributed by atoms with van der Waals surface area (Å²) in [6.07, 6.45) is 1.54. The van der Waals surface area contributed by atoms with Crippen molar-refractivity contribution < 1.29 is 14.3 Å². The van der Waals surface area contributed by atoms with E-state index in [0.717, 1.165) is 11.0 Å². The van der Waals surface area contributed by atoms with Gasteiger partial charge in [0, 0.05) is 5.56 Å². The van der Waals surface area contributed by atoms with E-state index in [2.05, 4.69) is 15.3 Å². The summed E-state index contributed by atoms with van der Waals surface area (Å²) in [6, 6.07) is 12.6. The van der Waals surface area contributed by atoms with Crippen LogP contribution in [0.2, 0.25) is 0 Å². The Morgan fingerprint density at radius 3 is 2.65 bits per heavy atom. The van der Waals surface area contributed by atoms with Crippen molar-refractivity contribution >= 4 is 22.8 Å². The third-order valence-electron chi connectivity index (χ3n) is 3.49. The normalized spacial score (nSPS) is 12.9. The van der Waals surface area contributed by atoms with Crippen LogP contribution < -0.4 is 14.8 Å². The molecular formula is C17H13N3O3. The molecule has 1 amide bonds. The van der Waals surface area contributed by atoms with Crippen molar-refractivity contribution in [1.29, 1.82) is 0 Å². The summed E-state index contributed by atoms with van der Waals surface area (Å²) >= 11 is 0. The first kappa shape index (κ1) is 13.5. The predicted octanol–water partition coefficient (Wildman–Crippen LogP) is 2.65. The van der Waals surface area contributed by atoms with Crippen molar-refractivity contribution in [2.24, 2.45) is 0 Å². The average Bonchev–Trinajstić information content (AvgIpc) is 2.61. The van der Waals surface area contributed by atoms with Gasteiger partial charge in [0.25, 0.3) is 5.91 Å². The van der Waals surface area contributed by atoms with E-state index >= 15 is 0 Å². The molecule has 0 atom stereocenters. The van der Waals surface area contributed by atoms with Gasteiger partial charge < -0.3 is 14.8 Å². The van der Waals surface area contributed by atoms with Gasteiger partial charge in [0.2, 0.25) is 0 Å². The molecule has 0 bridgehead atoms. The fourth-order valence-electron chi connectivity index (χ4n) is 2.39. The summed E-state index contributed by atoms with van der Waals surface area (Å²) in [4.78, 5) is 21.0.